The predicted molar refractivity (Wildman–Crippen MR) is 225 cm³/mol. The average molecular weight is 860 g/mol. The summed E-state index contributed by atoms with van der Waals surface area (Å²) in [6.07, 6.45) is 0.599. The van der Waals surface area contributed by atoms with Crippen LogP contribution in [0.25, 0.3) is 22.4 Å². The summed E-state index contributed by atoms with van der Waals surface area (Å²) in [7, 11) is 1.24. The molecule has 3 aliphatic heterocycles. The summed E-state index contributed by atoms with van der Waals surface area (Å²) < 4.78 is 50.3. The van der Waals surface area contributed by atoms with E-state index in [1.165, 1.54) is 25.4 Å². The lowest BCUT2D eigenvalue weighted by molar-refractivity contribution is -0.274. The SMILES string of the molecule is COC(=O)N[C@H](C(=O)N1CCC[C@H]1c1ncc(-c2ccc(-c3ccc(C(=O)Nc4ccc(N5CCN(C(=O)[C@]6(C)CCCN6)C[C@H]5C)nc4)cc3OC(F)(F)F)cc2)[nH]1)C(C)C. The minimum Gasteiger partial charge on any atom is -0.453 e. The number of nitrogens with zero attached hydrogens (tertiary/aromatic N) is 5. The number of alkyl halides is 3. The lowest BCUT2D eigenvalue weighted by atomic mass is 9.97. The summed E-state index contributed by atoms with van der Waals surface area (Å²) in [6.45, 7) is 10.7. The molecule has 15 nitrogen and oxygen atoms in total. The monoisotopic (exact) mass is 859 g/mol. The number of piperazine rings is 1. The first-order valence-corrected chi connectivity index (χ1v) is 20.8. The summed E-state index contributed by atoms with van der Waals surface area (Å²) in [6, 6.07) is 12.9. The Labute approximate surface area is 357 Å². The molecule has 62 heavy (non-hydrogen) atoms. The van der Waals surface area contributed by atoms with Gasteiger partial charge in [-0.05, 0) is 93.5 Å². The van der Waals surface area contributed by atoms with Crippen LogP contribution in [0, 0.1) is 5.92 Å². The van der Waals surface area contributed by atoms with Gasteiger partial charge in [-0.2, -0.15) is 0 Å². The number of halogens is 3. The number of rotatable bonds is 11. The van der Waals surface area contributed by atoms with Crippen molar-refractivity contribution in [3.05, 3.63) is 78.4 Å². The zero-order valence-electron chi connectivity index (χ0n) is 35.3. The Hall–Kier alpha value is -6.17. The zero-order chi connectivity index (χ0) is 44.3. The molecule has 0 aliphatic carbocycles. The molecule has 2 aromatic heterocycles. The Bertz CT molecular complexity index is 2260. The smallest absolute Gasteiger partial charge is 0.453 e. The maximum absolute atomic E-state index is 13.7. The van der Waals surface area contributed by atoms with E-state index in [2.05, 4.69) is 40.5 Å². The largest absolute Gasteiger partial charge is 0.573 e. The van der Waals surface area contributed by atoms with Crippen molar-refractivity contribution in [3.63, 3.8) is 0 Å². The first-order valence-electron chi connectivity index (χ1n) is 20.8. The lowest BCUT2D eigenvalue weighted by Crippen LogP contribution is -2.60. The predicted octanol–water partition coefficient (Wildman–Crippen LogP) is 6.51. The number of carbonyl (C=O) groups excluding carboxylic acids is 4. The third-order valence-electron chi connectivity index (χ3n) is 11.9. The Morgan fingerprint density at radius 3 is 2.35 bits per heavy atom. The van der Waals surface area contributed by atoms with E-state index in [1.54, 1.807) is 47.5 Å². The zero-order valence-corrected chi connectivity index (χ0v) is 35.3. The van der Waals surface area contributed by atoms with E-state index < -0.39 is 35.7 Å². The minimum absolute atomic E-state index is 0.000209. The molecule has 3 aliphatic rings. The number of aromatic nitrogens is 3. The van der Waals surface area contributed by atoms with Gasteiger partial charge < -0.3 is 45.1 Å². The van der Waals surface area contributed by atoms with Crippen molar-refractivity contribution < 1.29 is 41.8 Å². The van der Waals surface area contributed by atoms with Crippen molar-refractivity contribution in [2.45, 2.75) is 83.4 Å². The van der Waals surface area contributed by atoms with E-state index in [0.717, 1.165) is 31.9 Å². The van der Waals surface area contributed by atoms with Gasteiger partial charge in [-0.3, -0.25) is 14.4 Å². The average Bonchev–Trinajstić information content (AvgIpc) is 4.04. The highest BCUT2D eigenvalue weighted by atomic mass is 19.4. The summed E-state index contributed by atoms with van der Waals surface area (Å²) in [5, 5.41) is 8.69. The fourth-order valence-electron chi connectivity index (χ4n) is 8.53. The first kappa shape index (κ1) is 43.9. The number of amides is 4. The van der Waals surface area contributed by atoms with E-state index in [4.69, 9.17) is 4.74 Å². The number of imidazole rings is 1. The molecule has 0 saturated carbocycles. The van der Waals surface area contributed by atoms with Crippen LogP contribution in [0.1, 0.15) is 75.6 Å². The summed E-state index contributed by atoms with van der Waals surface area (Å²) in [5.74, 6) is -0.265. The molecule has 0 radical (unpaired) electrons. The lowest BCUT2D eigenvalue weighted by Gasteiger charge is -2.43. The number of alkyl carbamates (subject to hydrolysis) is 1. The van der Waals surface area contributed by atoms with Crippen molar-refractivity contribution in [2.75, 3.05) is 50.1 Å². The van der Waals surface area contributed by atoms with Crippen LogP contribution in [0.3, 0.4) is 0 Å². The van der Waals surface area contributed by atoms with Crippen molar-refractivity contribution in [1.82, 2.24) is 35.4 Å². The molecule has 4 N–H and O–H groups in total. The number of pyridine rings is 1. The highest BCUT2D eigenvalue weighted by Gasteiger charge is 2.41. The van der Waals surface area contributed by atoms with E-state index >= 15 is 0 Å². The fourth-order valence-corrected chi connectivity index (χ4v) is 8.53. The topological polar surface area (TPSA) is 174 Å². The van der Waals surface area contributed by atoms with Gasteiger partial charge in [-0.15, -0.1) is 13.2 Å². The van der Waals surface area contributed by atoms with Crippen LogP contribution in [0.4, 0.5) is 29.5 Å². The molecule has 7 rings (SSSR count). The number of anilines is 2. The van der Waals surface area contributed by atoms with Gasteiger partial charge in [0, 0.05) is 43.3 Å². The van der Waals surface area contributed by atoms with Crippen LogP contribution >= 0.6 is 0 Å². The van der Waals surface area contributed by atoms with Gasteiger partial charge in [-0.25, -0.2) is 14.8 Å². The van der Waals surface area contributed by atoms with Crippen molar-refractivity contribution >= 4 is 35.3 Å². The second-order valence-electron chi connectivity index (χ2n) is 16.6. The van der Waals surface area contributed by atoms with Gasteiger partial charge in [0.25, 0.3) is 5.91 Å². The van der Waals surface area contributed by atoms with E-state index in [9.17, 15) is 32.3 Å². The first-order chi connectivity index (χ1) is 29.5. The standard InChI is InChI=1S/C44H52F3N9O6/c1-26(2)37(53-42(60)61-5)40(58)56-19-6-8-34(56)38-49-24-33(52-38)29-11-9-28(10-12-29)32-15-13-30(22-35(32)62-44(45,46)47)39(57)51-31-14-16-36(48-23-31)55-21-20-54(25-27(55)3)41(59)43(4)17-7-18-50-43/h9-16,22-24,26-27,34,37,50H,6-8,17-21,25H2,1-5H3,(H,49,52)(H,51,57)(H,53,60)/t27-,34+,37+,43+/m1/s1. The molecule has 4 amide bonds. The number of aromatic amines is 1. The van der Waals surface area contributed by atoms with Gasteiger partial charge in [0.2, 0.25) is 11.8 Å². The van der Waals surface area contributed by atoms with E-state index in [0.29, 0.717) is 66.8 Å². The number of methoxy groups -OCH3 is 1. The molecule has 0 spiro atoms. The minimum atomic E-state index is -5.03. The molecule has 4 atom stereocenters. The number of carbonyl (C=O) groups is 4. The second kappa shape index (κ2) is 18.0. The number of hydrogen-bond acceptors (Lipinski definition) is 10. The van der Waals surface area contributed by atoms with Gasteiger partial charge in [0.1, 0.15) is 23.4 Å². The van der Waals surface area contributed by atoms with Gasteiger partial charge in [0.05, 0.1) is 42.5 Å². The maximum atomic E-state index is 13.7. The van der Waals surface area contributed by atoms with E-state index in [-0.39, 0.29) is 40.9 Å². The van der Waals surface area contributed by atoms with Gasteiger partial charge in [-0.1, -0.05) is 38.1 Å². The number of ether oxygens (including phenoxy) is 2. The Balaban J connectivity index is 1.01. The summed E-state index contributed by atoms with van der Waals surface area (Å²) in [4.78, 5) is 70.2. The van der Waals surface area contributed by atoms with Crippen LogP contribution in [0.2, 0.25) is 0 Å². The fraction of sp³-hybridized carbons (Fsp3) is 0.455. The van der Waals surface area contributed by atoms with Gasteiger partial charge in [0.15, 0.2) is 0 Å². The summed E-state index contributed by atoms with van der Waals surface area (Å²) in [5.41, 5.74) is 1.62. The van der Waals surface area contributed by atoms with E-state index in [1.807, 2.05) is 32.6 Å². The molecule has 0 unspecified atom stereocenters. The molecular weight excluding hydrogens is 808 g/mol. The Morgan fingerprint density at radius 1 is 0.952 bits per heavy atom. The van der Waals surface area contributed by atoms with Crippen LogP contribution in [0.5, 0.6) is 5.75 Å². The Morgan fingerprint density at radius 2 is 1.71 bits per heavy atom. The summed E-state index contributed by atoms with van der Waals surface area (Å²) >= 11 is 0. The number of hydrogen-bond donors (Lipinski definition) is 4. The van der Waals surface area contributed by atoms with Crippen LogP contribution < -0.4 is 25.6 Å². The third kappa shape index (κ3) is 9.64. The second-order valence-corrected chi connectivity index (χ2v) is 16.6. The van der Waals surface area contributed by atoms with Gasteiger partial charge >= 0.3 is 12.5 Å². The molecule has 18 heteroatoms. The molecule has 3 saturated heterocycles. The molecule has 330 valence electrons. The molecule has 5 heterocycles. The van der Waals surface area contributed by atoms with Crippen molar-refractivity contribution in [2.24, 2.45) is 5.92 Å². The maximum Gasteiger partial charge on any atom is 0.573 e. The molecular formula is C44H52F3N9O6. The third-order valence-corrected chi connectivity index (χ3v) is 11.9. The van der Waals surface area contributed by atoms with Crippen molar-refractivity contribution in [1.29, 1.82) is 0 Å². The number of benzene rings is 2. The number of H-pyrrole nitrogens is 1. The highest BCUT2D eigenvalue weighted by Crippen LogP contribution is 2.37. The molecule has 4 aromatic rings. The highest BCUT2D eigenvalue weighted by molar-refractivity contribution is 6.05. The molecule has 3 fully saturated rings. The Kier molecular flexibility index (Phi) is 12.8. The number of likely N-dealkylation sites (tertiary alicyclic amines) is 1. The molecule has 2 aromatic carbocycles. The number of nitrogens with one attached hydrogen (secondary N) is 4. The van der Waals surface area contributed by atoms with Crippen LogP contribution in [-0.4, -0.2) is 112 Å². The molecule has 0 bridgehead atoms. The van der Waals surface area contributed by atoms with Crippen LogP contribution in [-0.2, 0) is 14.3 Å². The van der Waals surface area contributed by atoms with Crippen LogP contribution in [0.15, 0.2) is 67.0 Å². The quantitative estimate of drug-likeness (QED) is 0.130. The normalized spacial score (nSPS) is 20.9. The van der Waals surface area contributed by atoms with Crippen molar-refractivity contribution in [3.8, 4) is 28.1 Å².